The molecule has 0 saturated carbocycles. The number of hydrogen-bond acceptors (Lipinski definition) is 7. The third-order valence-electron chi connectivity index (χ3n) is 14.6. The number of quaternary nitrogens is 1. The number of carbonyl (C=O) groups is 3. The molecule has 0 radical (unpaired) electrons. The molecule has 2 atom stereocenters. The van der Waals surface area contributed by atoms with Gasteiger partial charge in [-0.25, -0.2) is 4.79 Å². The van der Waals surface area contributed by atoms with Crippen molar-refractivity contribution in [1.29, 1.82) is 0 Å². The van der Waals surface area contributed by atoms with Crippen molar-refractivity contribution in [3.05, 3.63) is 146 Å². The number of carboxylic acid groups (broad SMARTS) is 1. The summed E-state index contributed by atoms with van der Waals surface area (Å²) in [5.41, 5.74) is 0. The molecule has 0 amide bonds. The average molecular weight is 1210 g/mol. The van der Waals surface area contributed by atoms with Gasteiger partial charge in [-0.15, -0.1) is 0 Å². The molecule has 9 heteroatoms. The number of nitrogens with zero attached hydrogens (tertiary/aromatic N) is 1. The van der Waals surface area contributed by atoms with Crippen LogP contribution in [0.2, 0.25) is 0 Å². The summed E-state index contributed by atoms with van der Waals surface area (Å²) in [5.74, 6) is -2.02. The van der Waals surface area contributed by atoms with Crippen LogP contribution in [0, 0.1) is 0 Å². The summed E-state index contributed by atoms with van der Waals surface area (Å²) in [7, 11) is 5.97. The van der Waals surface area contributed by atoms with Crippen LogP contribution in [0.4, 0.5) is 0 Å². The molecule has 2 unspecified atom stereocenters. The molecule has 9 nitrogen and oxygen atoms in total. The first kappa shape index (κ1) is 82.2. The lowest BCUT2D eigenvalue weighted by molar-refractivity contribution is -0.870. The minimum atomic E-state index is -1.52. The fourth-order valence-electron chi connectivity index (χ4n) is 9.32. The Morgan fingerprint density at radius 1 is 0.345 bits per heavy atom. The third-order valence-corrected chi connectivity index (χ3v) is 14.6. The van der Waals surface area contributed by atoms with Gasteiger partial charge < -0.3 is 28.5 Å². The zero-order chi connectivity index (χ0) is 63.3. The predicted octanol–water partition coefficient (Wildman–Crippen LogP) is 21.9. The van der Waals surface area contributed by atoms with E-state index in [0.717, 1.165) is 116 Å². The van der Waals surface area contributed by atoms with Crippen molar-refractivity contribution in [1.82, 2.24) is 0 Å². The minimum Gasteiger partial charge on any atom is -0.477 e. The van der Waals surface area contributed by atoms with Crippen LogP contribution < -0.4 is 0 Å². The van der Waals surface area contributed by atoms with Crippen LogP contribution in [0.25, 0.3) is 0 Å². The summed E-state index contributed by atoms with van der Waals surface area (Å²) in [6.07, 6.45) is 95.2. The van der Waals surface area contributed by atoms with Crippen molar-refractivity contribution in [3.8, 4) is 0 Å². The van der Waals surface area contributed by atoms with E-state index in [0.29, 0.717) is 23.9 Å². The molecule has 0 aromatic rings. The third kappa shape index (κ3) is 68.5. The zero-order valence-electron chi connectivity index (χ0n) is 56.4. The Morgan fingerprint density at radius 3 is 0.920 bits per heavy atom. The monoisotopic (exact) mass is 1210 g/mol. The van der Waals surface area contributed by atoms with Crippen molar-refractivity contribution in [2.24, 2.45) is 0 Å². The Morgan fingerprint density at radius 2 is 0.621 bits per heavy atom. The molecule has 0 aliphatic rings. The highest BCUT2D eigenvalue weighted by Crippen LogP contribution is 2.16. The number of carboxylic acids is 1. The van der Waals surface area contributed by atoms with Gasteiger partial charge in [-0.2, -0.15) is 0 Å². The van der Waals surface area contributed by atoms with Gasteiger partial charge in [0.15, 0.2) is 6.10 Å². The van der Waals surface area contributed by atoms with Gasteiger partial charge in [0.1, 0.15) is 13.2 Å². The largest absolute Gasteiger partial charge is 0.477 e. The molecule has 0 fully saturated rings. The van der Waals surface area contributed by atoms with Crippen LogP contribution in [-0.4, -0.2) is 87.4 Å². The summed E-state index contributed by atoms with van der Waals surface area (Å²) in [6.45, 7) is 4.65. The van der Waals surface area contributed by atoms with Gasteiger partial charge in [0.25, 0.3) is 6.29 Å². The molecule has 0 aliphatic carbocycles. The second-order valence-electron chi connectivity index (χ2n) is 24.1. The summed E-state index contributed by atoms with van der Waals surface area (Å²) in [6, 6.07) is 0. The Bertz CT molecular complexity index is 1940. The second kappa shape index (κ2) is 67.1. The Kier molecular flexibility index (Phi) is 63.4. The number of rotatable bonds is 63. The lowest BCUT2D eigenvalue weighted by Crippen LogP contribution is -2.40. The highest BCUT2D eigenvalue weighted by Gasteiger charge is 2.25. The second-order valence-corrected chi connectivity index (χ2v) is 24.1. The number of likely N-dealkylation sites (N-methyl/N-ethyl adjacent to an activating group) is 1. The number of aliphatic carboxylic acids is 1. The average Bonchev–Trinajstić information content (AvgIpc) is 3.56. The molecule has 0 saturated heterocycles. The SMILES string of the molecule is CC/C=C\C/C=C\C/C=C\C/C=C\C/C=C\C/C=C\C/C=C\CCCCCCCCCCCCCCCC(=O)OC(COC(=O)CCCCCCCCCCCCC/C=C\C/C=C\C/C=C\C/C=C\C/C=C\CC)COC(OCC[N+](C)(C)C)C(=O)O. The zero-order valence-corrected chi connectivity index (χ0v) is 56.4. The van der Waals surface area contributed by atoms with E-state index in [9.17, 15) is 19.5 Å². The van der Waals surface area contributed by atoms with Crippen LogP contribution in [0.1, 0.15) is 271 Å². The fraction of sp³-hybridized carbons (Fsp3) is 0.654. The molecule has 0 spiro atoms. The molecule has 0 heterocycles. The summed E-state index contributed by atoms with van der Waals surface area (Å²) in [5, 5.41) is 9.75. The number of hydrogen-bond donors (Lipinski definition) is 1. The highest BCUT2D eigenvalue weighted by molar-refractivity contribution is 5.71. The van der Waals surface area contributed by atoms with E-state index < -0.39 is 24.3 Å². The number of ether oxygens (including phenoxy) is 4. The molecule has 494 valence electrons. The predicted molar refractivity (Wildman–Crippen MR) is 373 cm³/mol. The summed E-state index contributed by atoms with van der Waals surface area (Å²) >= 11 is 0. The molecule has 0 rings (SSSR count). The fourth-order valence-corrected chi connectivity index (χ4v) is 9.32. The van der Waals surface area contributed by atoms with Crippen molar-refractivity contribution in [2.45, 2.75) is 283 Å². The van der Waals surface area contributed by atoms with Crippen molar-refractivity contribution in [3.63, 3.8) is 0 Å². The lowest BCUT2D eigenvalue weighted by Gasteiger charge is -2.25. The van der Waals surface area contributed by atoms with Crippen molar-refractivity contribution in [2.75, 3.05) is 47.5 Å². The van der Waals surface area contributed by atoms with Crippen molar-refractivity contribution >= 4 is 17.9 Å². The van der Waals surface area contributed by atoms with Gasteiger partial charge in [-0.1, -0.05) is 288 Å². The molecule has 87 heavy (non-hydrogen) atoms. The van der Waals surface area contributed by atoms with Crippen molar-refractivity contribution < 1.29 is 42.9 Å². The smallest absolute Gasteiger partial charge is 0.361 e. The van der Waals surface area contributed by atoms with E-state index in [1.165, 1.54) is 122 Å². The van der Waals surface area contributed by atoms with Crippen LogP contribution in [0.15, 0.2) is 146 Å². The number of allylic oxidation sites excluding steroid dienone is 24. The van der Waals surface area contributed by atoms with E-state index in [4.69, 9.17) is 18.9 Å². The van der Waals surface area contributed by atoms with Gasteiger partial charge in [-0.3, -0.25) is 9.59 Å². The van der Waals surface area contributed by atoms with Crippen LogP contribution in [0.5, 0.6) is 0 Å². The summed E-state index contributed by atoms with van der Waals surface area (Å²) in [4.78, 5) is 37.6. The maximum Gasteiger partial charge on any atom is 0.361 e. The molecular weight excluding hydrogens is 1080 g/mol. The number of esters is 2. The number of carbonyl (C=O) groups excluding carboxylic acids is 2. The first-order valence-electron chi connectivity index (χ1n) is 35.0. The van der Waals surface area contributed by atoms with E-state index in [2.05, 4.69) is 160 Å². The molecule has 0 bridgehead atoms. The Hall–Kier alpha value is -4.83. The normalized spacial score (nSPS) is 13.6. The Balaban J connectivity index is 4.15. The highest BCUT2D eigenvalue weighted by atomic mass is 16.7. The molecule has 0 aliphatic heterocycles. The standard InChI is InChI=1S/C78H129NO8/c1-6-8-10-12-14-16-18-20-22-24-26-28-30-32-34-35-36-37-38-39-40-41-43-45-47-49-51-53-55-57-59-61-63-65-67-69-76(81)87-74(73-86-78(77(82)83)84-71-70-79(3,4)5)72-85-75(80)68-66-64-62-60-58-56-54-52-50-48-46-44-42-33-31-29-27-25-23-21-19-17-15-13-11-9-7-2/h8-11,14-17,20-23,26-29,32-34,36-37,39-40,42,74,78H,6-7,12-13,18-19,24-25,30-31,35,38,41,43-73H2,1-5H3/p+1/b10-8-,11-9-,16-14-,17-15-,22-20-,23-21-,28-26-,29-27-,34-32-,37-36-,40-39-,42-33-. The van der Waals surface area contributed by atoms with Crippen LogP contribution in [0.3, 0.4) is 0 Å². The first-order valence-corrected chi connectivity index (χ1v) is 35.0. The summed E-state index contributed by atoms with van der Waals surface area (Å²) < 4.78 is 23.0. The maximum atomic E-state index is 13.0. The van der Waals surface area contributed by atoms with Crippen LogP contribution in [-0.2, 0) is 33.3 Å². The number of unbranched alkanes of at least 4 members (excludes halogenated alkanes) is 24. The quantitative estimate of drug-likeness (QED) is 0.0211. The van der Waals surface area contributed by atoms with E-state index in [1.807, 2.05) is 21.1 Å². The van der Waals surface area contributed by atoms with Gasteiger partial charge in [0, 0.05) is 12.8 Å². The van der Waals surface area contributed by atoms with Gasteiger partial charge in [0.05, 0.1) is 34.4 Å². The molecule has 1 N–H and O–H groups in total. The van der Waals surface area contributed by atoms with E-state index in [-0.39, 0.29) is 32.2 Å². The molecule has 0 aromatic heterocycles. The van der Waals surface area contributed by atoms with E-state index in [1.54, 1.807) is 0 Å². The lowest BCUT2D eigenvalue weighted by atomic mass is 10.0. The molecule has 0 aromatic carbocycles. The Labute approximate surface area is 534 Å². The van der Waals surface area contributed by atoms with Gasteiger partial charge in [0.2, 0.25) is 0 Å². The minimum absolute atomic E-state index is 0.181. The molecular formula is C78H130NO8+. The van der Waals surface area contributed by atoms with Crippen LogP contribution >= 0.6 is 0 Å². The van der Waals surface area contributed by atoms with Gasteiger partial charge in [-0.05, 0) is 116 Å². The topological polar surface area (TPSA) is 108 Å². The van der Waals surface area contributed by atoms with E-state index >= 15 is 0 Å². The van der Waals surface area contributed by atoms with Gasteiger partial charge >= 0.3 is 17.9 Å². The maximum absolute atomic E-state index is 13.0. The first-order chi connectivity index (χ1) is 42.6.